The molecule has 110 valence electrons. The minimum absolute atomic E-state index is 0.279. The van der Waals surface area contributed by atoms with E-state index in [9.17, 15) is 4.79 Å². The maximum Gasteiger partial charge on any atom is 0.335 e. The van der Waals surface area contributed by atoms with E-state index in [1.165, 1.54) is 0 Å². The summed E-state index contributed by atoms with van der Waals surface area (Å²) in [6.45, 7) is 2.02. The van der Waals surface area contributed by atoms with E-state index in [1.807, 2.05) is 0 Å². The average molecular weight is 352 g/mol. The van der Waals surface area contributed by atoms with E-state index in [0.29, 0.717) is 21.9 Å². The molecule has 0 amide bonds. The number of hydrogen-bond donors (Lipinski definition) is 1. The van der Waals surface area contributed by atoms with Crippen LogP contribution in [0.15, 0.2) is 27.3 Å². The van der Waals surface area contributed by atoms with Gasteiger partial charge in [0.2, 0.25) is 0 Å². The lowest BCUT2D eigenvalue weighted by molar-refractivity contribution is 0.0696. The third kappa shape index (κ3) is 3.10. The monoisotopic (exact) mass is 351 g/mol. The van der Waals surface area contributed by atoms with Gasteiger partial charge in [0, 0.05) is 5.92 Å². The van der Waals surface area contributed by atoms with Crippen LogP contribution in [0.25, 0.3) is 0 Å². The second-order valence-corrected chi connectivity index (χ2v) is 5.84. The van der Waals surface area contributed by atoms with Crippen molar-refractivity contribution in [3.8, 4) is 5.75 Å². The Kier molecular flexibility index (Phi) is 3.71. The average Bonchev–Trinajstić information content (AvgIpc) is 3.21. The van der Waals surface area contributed by atoms with Crippen molar-refractivity contribution in [2.24, 2.45) is 0 Å². The molecule has 1 saturated carbocycles. The Morgan fingerprint density at radius 2 is 2.29 bits per heavy atom. The SMILES string of the molecule is Cc1cc(OCc2nc(C3CC3)oc2Br)ccc1C(=O)O. The predicted octanol–water partition coefficient (Wildman–Crippen LogP) is 3.90. The molecule has 1 N–H and O–H groups in total. The van der Waals surface area contributed by atoms with Gasteiger partial charge in [-0.05, 0) is 59.5 Å². The van der Waals surface area contributed by atoms with Crippen LogP contribution in [0.5, 0.6) is 5.75 Å². The van der Waals surface area contributed by atoms with E-state index >= 15 is 0 Å². The van der Waals surface area contributed by atoms with E-state index < -0.39 is 5.97 Å². The van der Waals surface area contributed by atoms with Crippen LogP contribution in [0.3, 0.4) is 0 Å². The van der Waals surface area contributed by atoms with Gasteiger partial charge in [-0.15, -0.1) is 0 Å². The van der Waals surface area contributed by atoms with E-state index in [0.717, 1.165) is 24.4 Å². The summed E-state index contributed by atoms with van der Waals surface area (Å²) in [4.78, 5) is 15.4. The van der Waals surface area contributed by atoms with Crippen LogP contribution in [0.2, 0.25) is 0 Å². The van der Waals surface area contributed by atoms with Gasteiger partial charge in [0.15, 0.2) is 10.6 Å². The molecule has 1 aromatic carbocycles. The predicted molar refractivity (Wildman–Crippen MR) is 78.6 cm³/mol. The second kappa shape index (κ2) is 5.52. The minimum Gasteiger partial charge on any atom is -0.487 e. The van der Waals surface area contributed by atoms with Crippen molar-refractivity contribution < 1.29 is 19.1 Å². The third-order valence-corrected chi connectivity index (χ3v) is 4.02. The maximum atomic E-state index is 11.0. The topological polar surface area (TPSA) is 72.6 Å². The molecule has 0 aliphatic heterocycles. The summed E-state index contributed by atoms with van der Waals surface area (Å²) in [6, 6.07) is 4.89. The Balaban J connectivity index is 1.70. The number of oxazole rings is 1. The van der Waals surface area contributed by atoms with Crippen LogP contribution >= 0.6 is 15.9 Å². The standard InChI is InChI=1S/C15H14BrNO4/c1-8-6-10(4-5-11(8)15(18)19)20-7-12-13(16)21-14(17-12)9-2-3-9/h4-6,9H,2-3,7H2,1H3,(H,18,19). The molecule has 3 rings (SSSR count). The van der Waals surface area contributed by atoms with Gasteiger partial charge in [-0.25, -0.2) is 9.78 Å². The smallest absolute Gasteiger partial charge is 0.335 e. The molecule has 1 aliphatic rings. The largest absolute Gasteiger partial charge is 0.487 e. The number of hydrogen-bond acceptors (Lipinski definition) is 4. The molecule has 1 aliphatic carbocycles. The Morgan fingerprint density at radius 3 is 2.90 bits per heavy atom. The number of halogens is 1. The van der Waals surface area contributed by atoms with Crippen LogP contribution in [0, 0.1) is 6.92 Å². The van der Waals surface area contributed by atoms with Crippen molar-refractivity contribution in [1.29, 1.82) is 0 Å². The van der Waals surface area contributed by atoms with Gasteiger partial charge in [0.05, 0.1) is 5.56 Å². The fraction of sp³-hybridized carbons (Fsp3) is 0.333. The minimum atomic E-state index is -0.938. The number of aryl methyl sites for hydroxylation is 1. The molecule has 0 spiro atoms. The number of aromatic nitrogens is 1. The summed E-state index contributed by atoms with van der Waals surface area (Å²) in [7, 11) is 0. The van der Waals surface area contributed by atoms with E-state index in [-0.39, 0.29) is 12.2 Å². The summed E-state index contributed by atoms with van der Waals surface area (Å²) in [5, 5.41) is 8.99. The van der Waals surface area contributed by atoms with Crippen molar-refractivity contribution in [1.82, 2.24) is 4.98 Å². The molecule has 0 bridgehead atoms. The fourth-order valence-electron chi connectivity index (χ4n) is 2.06. The van der Waals surface area contributed by atoms with Crippen molar-refractivity contribution >= 4 is 21.9 Å². The van der Waals surface area contributed by atoms with Gasteiger partial charge in [-0.3, -0.25) is 0 Å². The van der Waals surface area contributed by atoms with Gasteiger partial charge < -0.3 is 14.3 Å². The van der Waals surface area contributed by atoms with Crippen LogP contribution in [0.4, 0.5) is 0 Å². The van der Waals surface area contributed by atoms with Crippen molar-refractivity contribution in [2.45, 2.75) is 32.3 Å². The molecule has 0 unspecified atom stereocenters. The molecule has 1 heterocycles. The first-order valence-corrected chi connectivity index (χ1v) is 7.45. The molecule has 0 radical (unpaired) electrons. The highest BCUT2D eigenvalue weighted by molar-refractivity contribution is 9.10. The number of nitrogens with zero attached hydrogens (tertiary/aromatic N) is 1. The maximum absolute atomic E-state index is 11.0. The van der Waals surface area contributed by atoms with E-state index in [2.05, 4.69) is 20.9 Å². The molecular weight excluding hydrogens is 338 g/mol. The first-order valence-electron chi connectivity index (χ1n) is 6.66. The van der Waals surface area contributed by atoms with Crippen molar-refractivity contribution in [3.05, 3.63) is 45.6 Å². The summed E-state index contributed by atoms with van der Waals surface area (Å²) in [6.07, 6.45) is 2.26. The lowest BCUT2D eigenvalue weighted by atomic mass is 10.1. The third-order valence-electron chi connectivity index (χ3n) is 3.40. The molecule has 2 aromatic rings. The highest BCUT2D eigenvalue weighted by Crippen LogP contribution is 2.41. The van der Waals surface area contributed by atoms with Gasteiger partial charge in [0.1, 0.15) is 18.1 Å². The molecule has 1 fully saturated rings. The van der Waals surface area contributed by atoms with Crippen molar-refractivity contribution in [3.63, 3.8) is 0 Å². The fourth-order valence-corrected chi connectivity index (χ4v) is 2.43. The summed E-state index contributed by atoms with van der Waals surface area (Å²) in [5.41, 5.74) is 1.66. The lowest BCUT2D eigenvalue weighted by Gasteiger charge is -2.07. The highest BCUT2D eigenvalue weighted by Gasteiger charge is 2.30. The quantitative estimate of drug-likeness (QED) is 0.884. The number of ether oxygens (including phenoxy) is 1. The zero-order valence-corrected chi connectivity index (χ0v) is 13.0. The molecule has 1 aromatic heterocycles. The zero-order valence-electron chi connectivity index (χ0n) is 11.4. The molecule has 6 heteroatoms. The Hall–Kier alpha value is -1.82. The van der Waals surface area contributed by atoms with Crippen LogP contribution < -0.4 is 4.74 Å². The van der Waals surface area contributed by atoms with Crippen LogP contribution in [0.1, 0.15) is 46.3 Å². The second-order valence-electron chi connectivity index (χ2n) is 5.12. The number of carboxylic acid groups (broad SMARTS) is 1. The Bertz CT molecular complexity index is 691. The zero-order chi connectivity index (χ0) is 15.0. The number of carbonyl (C=O) groups is 1. The molecular formula is C15H14BrNO4. The highest BCUT2D eigenvalue weighted by atomic mass is 79.9. The number of aromatic carboxylic acids is 1. The van der Waals surface area contributed by atoms with Crippen molar-refractivity contribution in [2.75, 3.05) is 0 Å². The molecule has 5 nitrogen and oxygen atoms in total. The first kappa shape index (κ1) is 14.1. The van der Waals surface area contributed by atoms with E-state index in [1.54, 1.807) is 25.1 Å². The molecule has 0 atom stereocenters. The summed E-state index contributed by atoms with van der Waals surface area (Å²) >= 11 is 3.35. The Labute approximate surface area is 130 Å². The summed E-state index contributed by atoms with van der Waals surface area (Å²) < 4.78 is 11.8. The van der Waals surface area contributed by atoms with Crippen LogP contribution in [-0.4, -0.2) is 16.1 Å². The number of benzene rings is 1. The van der Waals surface area contributed by atoms with Gasteiger partial charge in [0.25, 0.3) is 0 Å². The molecule has 0 saturated heterocycles. The Morgan fingerprint density at radius 1 is 1.52 bits per heavy atom. The normalized spacial score (nSPS) is 14.2. The van der Waals surface area contributed by atoms with Gasteiger partial charge >= 0.3 is 5.97 Å². The number of carboxylic acids is 1. The first-order chi connectivity index (χ1) is 10.0. The number of rotatable bonds is 5. The summed E-state index contributed by atoms with van der Waals surface area (Å²) in [5.74, 6) is 0.887. The molecule has 21 heavy (non-hydrogen) atoms. The van der Waals surface area contributed by atoms with E-state index in [4.69, 9.17) is 14.3 Å². The lowest BCUT2D eigenvalue weighted by Crippen LogP contribution is -2.01. The van der Waals surface area contributed by atoms with Gasteiger partial charge in [-0.1, -0.05) is 0 Å². The van der Waals surface area contributed by atoms with Crippen LogP contribution in [-0.2, 0) is 6.61 Å². The van der Waals surface area contributed by atoms with Gasteiger partial charge in [-0.2, -0.15) is 0 Å².